The monoisotopic (exact) mass is 302 g/mol. The number of likely N-dealkylation sites (tertiary alicyclic amines) is 1. The van der Waals surface area contributed by atoms with E-state index in [0.717, 1.165) is 13.1 Å². The number of likely N-dealkylation sites (N-methyl/N-ethyl adjacent to an activating group) is 1. The lowest BCUT2D eigenvalue weighted by Gasteiger charge is -2.27. The van der Waals surface area contributed by atoms with Crippen LogP contribution in [0.3, 0.4) is 0 Å². The van der Waals surface area contributed by atoms with E-state index in [1.165, 1.54) is 6.92 Å². The second-order valence-corrected chi connectivity index (χ2v) is 6.75. The molecule has 1 saturated heterocycles. The van der Waals surface area contributed by atoms with Gasteiger partial charge in [0, 0.05) is 24.7 Å². The van der Waals surface area contributed by atoms with Crippen molar-refractivity contribution in [1.29, 1.82) is 0 Å². The second kappa shape index (κ2) is 6.61. The van der Waals surface area contributed by atoms with E-state index in [1.54, 1.807) is 18.2 Å². The first-order valence-electron chi connectivity index (χ1n) is 7.88. The molecule has 120 valence electrons. The number of rotatable bonds is 4. The normalized spacial score (nSPS) is 21.7. The molecule has 0 aliphatic carbocycles. The van der Waals surface area contributed by atoms with Gasteiger partial charge in [-0.1, -0.05) is 32.0 Å². The summed E-state index contributed by atoms with van der Waals surface area (Å²) in [6.45, 7) is 7.40. The number of ketones is 1. The molecule has 1 aromatic carbocycles. The third-order valence-corrected chi connectivity index (χ3v) is 4.68. The highest BCUT2D eigenvalue weighted by molar-refractivity contribution is 6.07. The number of carbonyl (C=O) groups is 2. The van der Waals surface area contributed by atoms with Crippen LogP contribution < -0.4 is 0 Å². The van der Waals surface area contributed by atoms with Crippen molar-refractivity contribution in [2.45, 2.75) is 26.8 Å². The molecule has 0 bridgehead atoms. The van der Waals surface area contributed by atoms with Gasteiger partial charge in [-0.05, 0) is 38.9 Å². The van der Waals surface area contributed by atoms with Gasteiger partial charge in [0.15, 0.2) is 5.78 Å². The summed E-state index contributed by atoms with van der Waals surface area (Å²) < 4.78 is 0. The van der Waals surface area contributed by atoms with Crippen LogP contribution >= 0.6 is 0 Å². The predicted octanol–water partition coefficient (Wildman–Crippen LogP) is 2.55. The lowest BCUT2D eigenvalue weighted by atomic mass is 9.91. The Balaban J connectivity index is 2.26. The van der Waals surface area contributed by atoms with Crippen molar-refractivity contribution in [2.24, 2.45) is 11.8 Å². The zero-order valence-electron chi connectivity index (χ0n) is 14.2. The van der Waals surface area contributed by atoms with Crippen LogP contribution in [0.2, 0.25) is 0 Å². The van der Waals surface area contributed by atoms with Crippen LogP contribution in [0.15, 0.2) is 24.3 Å². The molecule has 4 nitrogen and oxygen atoms in total. The minimum absolute atomic E-state index is 0.0270. The summed E-state index contributed by atoms with van der Waals surface area (Å²) in [6.07, 6.45) is 0. The van der Waals surface area contributed by atoms with Crippen molar-refractivity contribution in [3.05, 3.63) is 35.4 Å². The zero-order chi connectivity index (χ0) is 16.4. The number of amides is 1. The van der Waals surface area contributed by atoms with E-state index in [-0.39, 0.29) is 11.7 Å². The van der Waals surface area contributed by atoms with Gasteiger partial charge in [0.2, 0.25) is 0 Å². The molecular weight excluding hydrogens is 276 g/mol. The van der Waals surface area contributed by atoms with E-state index in [0.29, 0.717) is 29.0 Å². The number of hydrogen-bond acceptors (Lipinski definition) is 3. The van der Waals surface area contributed by atoms with E-state index >= 15 is 0 Å². The lowest BCUT2D eigenvalue weighted by Crippen LogP contribution is -2.37. The molecule has 2 rings (SSSR count). The largest absolute Gasteiger partial charge is 0.337 e. The summed E-state index contributed by atoms with van der Waals surface area (Å²) in [6, 6.07) is 7.48. The molecule has 0 spiro atoms. The molecule has 4 heteroatoms. The average Bonchev–Trinajstić information content (AvgIpc) is 2.92. The molecule has 0 unspecified atom stereocenters. The van der Waals surface area contributed by atoms with Crippen LogP contribution in [0, 0.1) is 11.8 Å². The van der Waals surface area contributed by atoms with Crippen LogP contribution in [0.5, 0.6) is 0 Å². The molecule has 1 amide bonds. The SMILES string of the molecule is CC(=O)c1ccccc1C(=O)N1C[C@@H](N(C)C)[C@H](C(C)C)C1. The van der Waals surface area contributed by atoms with E-state index in [2.05, 4.69) is 32.8 Å². The number of benzene rings is 1. The number of hydrogen-bond donors (Lipinski definition) is 0. The summed E-state index contributed by atoms with van der Waals surface area (Å²) in [4.78, 5) is 28.7. The molecule has 1 aliphatic rings. The average molecular weight is 302 g/mol. The number of Topliss-reactive ketones (excluding diaryl/α,β-unsaturated/α-hetero) is 1. The van der Waals surface area contributed by atoms with Gasteiger partial charge in [0.05, 0.1) is 5.56 Å². The third-order valence-electron chi connectivity index (χ3n) is 4.68. The summed E-state index contributed by atoms with van der Waals surface area (Å²) in [7, 11) is 4.13. The van der Waals surface area contributed by atoms with Crippen molar-refractivity contribution in [1.82, 2.24) is 9.80 Å². The maximum absolute atomic E-state index is 12.9. The van der Waals surface area contributed by atoms with Crippen molar-refractivity contribution in [2.75, 3.05) is 27.2 Å². The Morgan fingerprint density at radius 3 is 2.18 bits per heavy atom. The smallest absolute Gasteiger partial charge is 0.254 e. The van der Waals surface area contributed by atoms with Gasteiger partial charge in [0.1, 0.15) is 0 Å². The fourth-order valence-corrected chi connectivity index (χ4v) is 3.33. The molecule has 22 heavy (non-hydrogen) atoms. The highest BCUT2D eigenvalue weighted by atomic mass is 16.2. The summed E-state index contributed by atoms with van der Waals surface area (Å²) in [5.41, 5.74) is 1.04. The van der Waals surface area contributed by atoms with Crippen LogP contribution in [-0.2, 0) is 0 Å². The number of carbonyl (C=O) groups excluding carboxylic acids is 2. The van der Waals surface area contributed by atoms with Gasteiger partial charge in [-0.25, -0.2) is 0 Å². The van der Waals surface area contributed by atoms with Gasteiger partial charge < -0.3 is 9.80 Å². The molecule has 0 aromatic heterocycles. The summed E-state index contributed by atoms with van der Waals surface area (Å²) in [5.74, 6) is 0.894. The van der Waals surface area contributed by atoms with Gasteiger partial charge >= 0.3 is 0 Å². The fraction of sp³-hybridized carbons (Fsp3) is 0.556. The predicted molar refractivity (Wildman–Crippen MR) is 88.2 cm³/mol. The first-order chi connectivity index (χ1) is 10.3. The molecule has 2 atom stereocenters. The van der Waals surface area contributed by atoms with Gasteiger partial charge in [0.25, 0.3) is 5.91 Å². The number of nitrogens with zero attached hydrogens (tertiary/aromatic N) is 2. The Hall–Kier alpha value is -1.68. The Kier molecular flexibility index (Phi) is 5.01. The standard InChI is InChI=1S/C18H26N2O2/c1-12(2)16-10-20(11-17(16)19(4)5)18(22)15-9-7-6-8-14(15)13(3)21/h6-9,12,16-17H,10-11H2,1-5H3/t16-,17+/m0/s1. The van der Waals surface area contributed by atoms with E-state index in [1.807, 2.05) is 11.0 Å². The van der Waals surface area contributed by atoms with Crippen molar-refractivity contribution in [3.8, 4) is 0 Å². The molecule has 0 radical (unpaired) electrons. The summed E-state index contributed by atoms with van der Waals surface area (Å²) >= 11 is 0. The minimum Gasteiger partial charge on any atom is -0.337 e. The highest BCUT2D eigenvalue weighted by Crippen LogP contribution is 2.28. The molecule has 1 fully saturated rings. The zero-order valence-corrected chi connectivity index (χ0v) is 14.2. The van der Waals surface area contributed by atoms with Crippen LogP contribution in [0.1, 0.15) is 41.5 Å². The lowest BCUT2D eigenvalue weighted by molar-refractivity contribution is 0.0774. The van der Waals surface area contributed by atoms with Crippen LogP contribution in [0.4, 0.5) is 0 Å². The second-order valence-electron chi connectivity index (χ2n) is 6.75. The van der Waals surface area contributed by atoms with Gasteiger partial charge in [-0.15, -0.1) is 0 Å². The minimum atomic E-state index is -0.0623. The topological polar surface area (TPSA) is 40.6 Å². The molecule has 0 N–H and O–H groups in total. The van der Waals surface area contributed by atoms with E-state index in [4.69, 9.17) is 0 Å². The van der Waals surface area contributed by atoms with Crippen LogP contribution in [0.25, 0.3) is 0 Å². The Bertz CT molecular complexity index is 550. The van der Waals surface area contributed by atoms with Crippen molar-refractivity contribution >= 4 is 11.7 Å². The molecule has 1 aliphatic heterocycles. The third kappa shape index (κ3) is 3.22. The first kappa shape index (κ1) is 16.7. The van der Waals surface area contributed by atoms with Crippen molar-refractivity contribution in [3.63, 3.8) is 0 Å². The Labute approximate surface area is 133 Å². The molecule has 1 heterocycles. The van der Waals surface area contributed by atoms with Gasteiger partial charge in [-0.2, -0.15) is 0 Å². The maximum Gasteiger partial charge on any atom is 0.254 e. The Morgan fingerprint density at radius 1 is 1.14 bits per heavy atom. The first-order valence-corrected chi connectivity index (χ1v) is 7.88. The van der Waals surface area contributed by atoms with E-state index in [9.17, 15) is 9.59 Å². The quantitative estimate of drug-likeness (QED) is 0.803. The summed E-state index contributed by atoms with van der Waals surface area (Å²) in [5, 5.41) is 0. The van der Waals surface area contributed by atoms with Crippen molar-refractivity contribution < 1.29 is 9.59 Å². The van der Waals surface area contributed by atoms with Gasteiger partial charge in [-0.3, -0.25) is 9.59 Å². The highest BCUT2D eigenvalue weighted by Gasteiger charge is 2.38. The maximum atomic E-state index is 12.9. The Morgan fingerprint density at radius 2 is 1.73 bits per heavy atom. The molecule has 0 saturated carbocycles. The van der Waals surface area contributed by atoms with E-state index < -0.39 is 0 Å². The fourth-order valence-electron chi connectivity index (χ4n) is 3.33. The molecular formula is C18H26N2O2. The van der Waals surface area contributed by atoms with Crippen LogP contribution in [-0.4, -0.2) is 54.7 Å². The molecule has 1 aromatic rings.